The normalized spacial score (nSPS) is 25.3. The summed E-state index contributed by atoms with van der Waals surface area (Å²) in [5.41, 5.74) is 1.37. The minimum absolute atomic E-state index is 0.244. The van der Waals surface area contributed by atoms with Crippen LogP contribution in [0, 0.1) is 11.8 Å². The Kier molecular flexibility index (Phi) is 6.49. The highest BCUT2D eigenvalue weighted by molar-refractivity contribution is 5.79. The second kappa shape index (κ2) is 8.81. The lowest BCUT2D eigenvalue weighted by Gasteiger charge is -2.37. The van der Waals surface area contributed by atoms with E-state index in [0.29, 0.717) is 17.9 Å². The number of hydrogen-bond donors (Lipinski definition) is 1. The van der Waals surface area contributed by atoms with E-state index in [1.54, 1.807) is 0 Å². The van der Waals surface area contributed by atoms with Crippen molar-refractivity contribution in [2.45, 2.75) is 45.2 Å². The molecule has 1 amide bonds. The molecule has 0 aromatic heterocycles. The summed E-state index contributed by atoms with van der Waals surface area (Å²) < 4.78 is 0. The molecule has 1 aromatic rings. The molecule has 4 nitrogen and oxygen atoms in total. The molecule has 2 aliphatic heterocycles. The van der Waals surface area contributed by atoms with Crippen molar-refractivity contribution in [3.05, 3.63) is 35.9 Å². The van der Waals surface area contributed by atoms with Crippen molar-refractivity contribution in [3.8, 4) is 0 Å². The van der Waals surface area contributed by atoms with Gasteiger partial charge in [-0.3, -0.25) is 4.79 Å². The molecule has 3 rings (SSSR count). The Labute approximate surface area is 152 Å². The van der Waals surface area contributed by atoms with Crippen LogP contribution < -0.4 is 5.32 Å². The first-order valence-corrected chi connectivity index (χ1v) is 9.86. The largest absolute Gasteiger partial charge is 0.342 e. The highest BCUT2D eigenvalue weighted by atomic mass is 16.2. The van der Waals surface area contributed by atoms with E-state index in [4.69, 9.17) is 0 Å². The number of rotatable bonds is 5. The maximum atomic E-state index is 12.8. The number of carbonyl (C=O) groups excluding carboxylic acids is 1. The molecule has 2 atom stereocenters. The molecule has 2 fully saturated rings. The molecule has 25 heavy (non-hydrogen) atoms. The molecule has 0 bridgehead atoms. The van der Waals surface area contributed by atoms with Gasteiger partial charge in [-0.15, -0.1) is 0 Å². The average molecular weight is 344 g/mol. The summed E-state index contributed by atoms with van der Waals surface area (Å²) in [6.45, 7) is 7.20. The van der Waals surface area contributed by atoms with Crippen molar-refractivity contribution in [3.63, 3.8) is 0 Å². The van der Waals surface area contributed by atoms with Gasteiger partial charge in [0.25, 0.3) is 0 Å². The average Bonchev–Trinajstić information content (AvgIpc) is 2.62. The highest BCUT2D eigenvalue weighted by Gasteiger charge is 2.31. The topological polar surface area (TPSA) is 35.6 Å². The maximum Gasteiger partial charge on any atom is 0.225 e. The SMILES string of the molecule is C[C@H]1C[C@@H](C(=O)N2CCC(CN(C)Cc3ccccc3)CC2)CCN1. The zero-order valence-corrected chi connectivity index (χ0v) is 15.8. The molecule has 0 aliphatic carbocycles. The molecule has 0 saturated carbocycles. The summed E-state index contributed by atoms with van der Waals surface area (Å²) in [4.78, 5) is 17.3. The standard InChI is InChI=1S/C21H33N3O/c1-17-14-20(8-11-22-17)21(25)24-12-9-19(10-13-24)16-23(2)15-18-6-4-3-5-7-18/h3-7,17,19-20,22H,8-16H2,1-2H3/t17-,20-/m0/s1. The Bertz CT molecular complexity index is 539. The van der Waals surface area contributed by atoms with Crippen molar-refractivity contribution in [1.29, 1.82) is 0 Å². The molecule has 2 heterocycles. The summed E-state index contributed by atoms with van der Waals surface area (Å²) in [5.74, 6) is 1.36. The van der Waals surface area contributed by atoms with E-state index in [2.05, 4.69) is 59.4 Å². The first-order chi connectivity index (χ1) is 12.1. The van der Waals surface area contributed by atoms with Crippen LogP contribution in [0.1, 0.15) is 38.2 Å². The van der Waals surface area contributed by atoms with Crippen LogP contribution in [0.2, 0.25) is 0 Å². The molecule has 2 aliphatic rings. The smallest absolute Gasteiger partial charge is 0.225 e. The molecule has 138 valence electrons. The number of nitrogens with one attached hydrogen (secondary N) is 1. The number of nitrogens with zero attached hydrogens (tertiary/aromatic N) is 2. The van der Waals surface area contributed by atoms with E-state index in [9.17, 15) is 4.79 Å². The maximum absolute atomic E-state index is 12.8. The predicted octanol–water partition coefficient (Wildman–Crippen LogP) is 2.75. The summed E-state index contributed by atoms with van der Waals surface area (Å²) in [6, 6.07) is 11.1. The number of piperidine rings is 2. The second-order valence-electron chi connectivity index (χ2n) is 8.03. The Morgan fingerprint density at radius 3 is 2.60 bits per heavy atom. The Balaban J connectivity index is 1.41. The van der Waals surface area contributed by atoms with Gasteiger partial charge in [-0.05, 0) is 57.7 Å². The molecular weight excluding hydrogens is 310 g/mol. The molecule has 0 radical (unpaired) electrons. The lowest BCUT2D eigenvalue weighted by molar-refractivity contribution is -0.138. The number of hydrogen-bond acceptors (Lipinski definition) is 3. The molecule has 1 N–H and O–H groups in total. The van der Waals surface area contributed by atoms with Crippen molar-refractivity contribution >= 4 is 5.91 Å². The molecule has 1 aromatic carbocycles. The number of benzene rings is 1. The van der Waals surface area contributed by atoms with Gasteiger partial charge in [0.15, 0.2) is 0 Å². The van der Waals surface area contributed by atoms with Crippen LogP contribution in [0.5, 0.6) is 0 Å². The van der Waals surface area contributed by atoms with Gasteiger partial charge in [0.05, 0.1) is 0 Å². The van der Waals surface area contributed by atoms with E-state index in [-0.39, 0.29) is 5.92 Å². The van der Waals surface area contributed by atoms with Gasteiger partial charge < -0.3 is 15.1 Å². The van der Waals surface area contributed by atoms with Gasteiger partial charge in [-0.1, -0.05) is 30.3 Å². The van der Waals surface area contributed by atoms with E-state index in [0.717, 1.165) is 58.4 Å². The van der Waals surface area contributed by atoms with Gasteiger partial charge in [0.2, 0.25) is 5.91 Å². The fourth-order valence-electron chi connectivity index (χ4n) is 4.35. The molecule has 0 unspecified atom stereocenters. The van der Waals surface area contributed by atoms with Crippen molar-refractivity contribution in [1.82, 2.24) is 15.1 Å². The molecule has 2 saturated heterocycles. The van der Waals surface area contributed by atoms with E-state index < -0.39 is 0 Å². The monoisotopic (exact) mass is 343 g/mol. The van der Waals surface area contributed by atoms with Crippen LogP contribution in [-0.2, 0) is 11.3 Å². The summed E-state index contributed by atoms with van der Waals surface area (Å²) >= 11 is 0. The van der Waals surface area contributed by atoms with Gasteiger partial charge in [-0.2, -0.15) is 0 Å². The zero-order chi connectivity index (χ0) is 17.6. The fourth-order valence-corrected chi connectivity index (χ4v) is 4.35. The fraction of sp³-hybridized carbons (Fsp3) is 0.667. The lowest BCUT2D eigenvalue weighted by atomic mass is 9.90. The van der Waals surface area contributed by atoms with Crippen molar-refractivity contribution in [2.24, 2.45) is 11.8 Å². The highest BCUT2D eigenvalue weighted by Crippen LogP contribution is 2.24. The van der Waals surface area contributed by atoms with Crippen LogP contribution in [0.3, 0.4) is 0 Å². The van der Waals surface area contributed by atoms with Crippen LogP contribution in [-0.4, -0.2) is 55.0 Å². The van der Waals surface area contributed by atoms with Crippen LogP contribution in [0.4, 0.5) is 0 Å². The molecular formula is C21H33N3O. The minimum atomic E-state index is 0.244. The van der Waals surface area contributed by atoms with E-state index in [1.807, 2.05) is 0 Å². The predicted molar refractivity (Wildman–Crippen MR) is 102 cm³/mol. The third-order valence-corrected chi connectivity index (χ3v) is 5.76. The van der Waals surface area contributed by atoms with Crippen LogP contribution in [0.25, 0.3) is 0 Å². The van der Waals surface area contributed by atoms with E-state index >= 15 is 0 Å². The molecule has 0 spiro atoms. The lowest BCUT2D eigenvalue weighted by Crippen LogP contribution is -2.47. The first kappa shape index (κ1) is 18.4. The van der Waals surface area contributed by atoms with E-state index in [1.165, 1.54) is 5.56 Å². The number of likely N-dealkylation sites (tertiary alicyclic amines) is 1. The third-order valence-electron chi connectivity index (χ3n) is 5.76. The van der Waals surface area contributed by atoms with Gasteiger partial charge in [-0.25, -0.2) is 0 Å². The number of amides is 1. The molecule has 4 heteroatoms. The van der Waals surface area contributed by atoms with Crippen LogP contribution >= 0.6 is 0 Å². The summed E-state index contributed by atoms with van der Waals surface area (Å²) in [7, 11) is 2.21. The first-order valence-electron chi connectivity index (χ1n) is 9.86. The van der Waals surface area contributed by atoms with Crippen molar-refractivity contribution < 1.29 is 4.79 Å². The Morgan fingerprint density at radius 2 is 1.92 bits per heavy atom. The van der Waals surface area contributed by atoms with Gasteiger partial charge in [0.1, 0.15) is 0 Å². The van der Waals surface area contributed by atoms with Gasteiger partial charge in [0, 0.05) is 38.1 Å². The Hall–Kier alpha value is -1.39. The van der Waals surface area contributed by atoms with Crippen molar-refractivity contribution in [2.75, 3.05) is 33.2 Å². The van der Waals surface area contributed by atoms with Crippen LogP contribution in [0.15, 0.2) is 30.3 Å². The summed E-state index contributed by atoms with van der Waals surface area (Å²) in [5, 5.41) is 3.44. The second-order valence-corrected chi connectivity index (χ2v) is 8.03. The summed E-state index contributed by atoms with van der Waals surface area (Å²) in [6.07, 6.45) is 4.29. The Morgan fingerprint density at radius 1 is 1.20 bits per heavy atom. The zero-order valence-electron chi connectivity index (χ0n) is 15.8. The third kappa shape index (κ3) is 5.29. The number of carbonyl (C=O) groups is 1. The van der Waals surface area contributed by atoms with Gasteiger partial charge >= 0.3 is 0 Å². The quantitative estimate of drug-likeness (QED) is 0.893. The minimum Gasteiger partial charge on any atom is -0.342 e.